The molecule has 0 saturated heterocycles. The van der Waals surface area contributed by atoms with Crippen molar-refractivity contribution in [3.63, 3.8) is 0 Å². The zero-order chi connectivity index (χ0) is 20.4. The van der Waals surface area contributed by atoms with Crippen LogP contribution in [0.2, 0.25) is 0 Å². The number of nitrogens with zero attached hydrogens (tertiary/aromatic N) is 2. The van der Waals surface area contributed by atoms with E-state index in [0.717, 1.165) is 10.3 Å². The highest BCUT2D eigenvalue weighted by Crippen LogP contribution is 2.31. The number of fused-ring (bicyclic) bond motifs is 1. The van der Waals surface area contributed by atoms with Crippen LogP contribution in [0.25, 0.3) is 0 Å². The van der Waals surface area contributed by atoms with Crippen molar-refractivity contribution in [3.8, 4) is 0 Å². The molecule has 2 unspecified atom stereocenters. The maximum atomic E-state index is 12.8. The van der Waals surface area contributed by atoms with Gasteiger partial charge in [-0.2, -0.15) is 0 Å². The first-order valence-electron chi connectivity index (χ1n) is 9.40. The topological polar surface area (TPSA) is 92.3 Å². The monoisotopic (exact) mass is 390 g/mol. The zero-order valence-corrected chi connectivity index (χ0v) is 15.9. The number of aromatic nitrogens is 1. The van der Waals surface area contributed by atoms with E-state index in [1.807, 2.05) is 30.3 Å². The van der Waals surface area contributed by atoms with Gasteiger partial charge in [-0.1, -0.05) is 60.6 Å². The summed E-state index contributed by atoms with van der Waals surface area (Å²) in [6.07, 6.45) is 0.504. The van der Waals surface area contributed by atoms with Crippen molar-refractivity contribution in [2.75, 3.05) is 6.54 Å². The molecule has 2 aromatic carbocycles. The molecule has 1 N–H and O–H groups in total. The van der Waals surface area contributed by atoms with Crippen LogP contribution in [-0.4, -0.2) is 34.2 Å². The average Bonchev–Trinajstić information content (AvgIpc) is 3.18. The Morgan fingerprint density at radius 2 is 1.90 bits per heavy atom. The van der Waals surface area contributed by atoms with Gasteiger partial charge in [0.25, 0.3) is 11.6 Å². The van der Waals surface area contributed by atoms with E-state index in [4.69, 9.17) is 4.52 Å². The molecule has 0 aliphatic carbocycles. The Balaban J connectivity index is 1.49. The fourth-order valence-corrected chi connectivity index (χ4v) is 3.54. The summed E-state index contributed by atoms with van der Waals surface area (Å²) in [5, 5.41) is 6.46. The van der Waals surface area contributed by atoms with Gasteiger partial charge in [0, 0.05) is 39.7 Å². The van der Waals surface area contributed by atoms with E-state index in [2.05, 4.69) is 10.5 Å². The smallest absolute Gasteiger partial charge is 0.274 e. The minimum Gasteiger partial charge on any atom is -0.360 e. The number of para-hydroxylation sites is 1. The quantitative estimate of drug-likeness (QED) is 0.691. The number of nitroso groups, excluding NO2 is 1. The molecule has 1 aromatic heterocycles. The normalized spacial score (nSPS) is 18.8. The fourth-order valence-electron chi connectivity index (χ4n) is 3.54. The van der Waals surface area contributed by atoms with Gasteiger partial charge < -0.3 is 9.84 Å². The van der Waals surface area contributed by atoms with Gasteiger partial charge in [-0.3, -0.25) is 9.59 Å². The fraction of sp³-hybridized carbons (Fsp3) is 0.227. The Morgan fingerprint density at radius 3 is 2.69 bits per heavy atom. The summed E-state index contributed by atoms with van der Waals surface area (Å²) in [5.41, 5.74) is 2.23. The van der Waals surface area contributed by atoms with E-state index in [9.17, 15) is 14.5 Å². The van der Waals surface area contributed by atoms with Crippen LogP contribution in [0.1, 0.15) is 40.2 Å². The molecule has 0 bridgehead atoms. The van der Waals surface area contributed by atoms with Gasteiger partial charge in [0.15, 0.2) is 17.5 Å². The van der Waals surface area contributed by atoms with E-state index in [-0.39, 0.29) is 18.0 Å². The van der Waals surface area contributed by atoms with Crippen LogP contribution in [0.4, 0.5) is 5.69 Å². The van der Waals surface area contributed by atoms with E-state index in [0.29, 0.717) is 23.4 Å². The molecule has 7 nitrogen and oxygen atoms in total. The second-order valence-corrected chi connectivity index (χ2v) is 7.11. The molecule has 0 radical (unpaired) electrons. The summed E-state index contributed by atoms with van der Waals surface area (Å²) >= 11 is 0. The van der Waals surface area contributed by atoms with Crippen molar-refractivity contribution >= 4 is 17.4 Å². The lowest BCUT2D eigenvalue weighted by Crippen LogP contribution is -2.45. The number of Topliss-reactive ketones (excluding diaryl/α,β-unsaturated/α-hetero) is 1. The minimum absolute atomic E-state index is 0.0793. The lowest BCUT2D eigenvalue weighted by Gasteiger charge is -2.14. The van der Waals surface area contributed by atoms with Crippen LogP contribution < -0.4 is 5.32 Å². The summed E-state index contributed by atoms with van der Waals surface area (Å²) in [5.74, 6) is -0.712. The number of rotatable bonds is 4. The van der Waals surface area contributed by atoms with Gasteiger partial charge in [-0.25, -0.2) is 0 Å². The lowest BCUT2D eigenvalue weighted by molar-refractivity contribution is -0.464. The highest BCUT2D eigenvalue weighted by molar-refractivity contribution is 5.99. The Bertz CT molecular complexity index is 1070. The van der Waals surface area contributed by atoms with Crippen molar-refractivity contribution in [1.29, 1.82) is 0 Å². The maximum Gasteiger partial charge on any atom is 0.274 e. The molecule has 0 spiro atoms. The van der Waals surface area contributed by atoms with Crippen LogP contribution in [-0.2, 0) is 11.2 Å². The lowest BCUT2D eigenvalue weighted by atomic mass is 9.93. The second-order valence-electron chi connectivity index (χ2n) is 7.11. The van der Waals surface area contributed by atoms with Crippen LogP contribution in [0.5, 0.6) is 0 Å². The molecule has 1 amide bonds. The third-order valence-electron chi connectivity index (χ3n) is 5.11. The van der Waals surface area contributed by atoms with Crippen molar-refractivity contribution in [2.24, 2.45) is 0 Å². The summed E-state index contributed by atoms with van der Waals surface area (Å²) in [6, 6.07) is 17.3. The molecule has 2 atom stereocenters. The predicted molar refractivity (Wildman–Crippen MR) is 105 cm³/mol. The molecular weight excluding hydrogens is 370 g/mol. The van der Waals surface area contributed by atoms with Crippen LogP contribution in [0.3, 0.4) is 0 Å². The molecule has 7 heteroatoms. The molecule has 0 saturated carbocycles. The van der Waals surface area contributed by atoms with Crippen molar-refractivity contribution in [2.45, 2.75) is 25.3 Å². The van der Waals surface area contributed by atoms with Gasteiger partial charge in [0.1, 0.15) is 5.76 Å². The molecule has 1 aliphatic rings. The highest BCUT2D eigenvalue weighted by Gasteiger charge is 2.39. The predicted octanol–water partition coefficient (Wildman–Crippen LogP) is 3.16. The number of nitrogens with one attached hydrogen (secondary N) is 1. The van der Waals surface area contributed by atoms with Crippen molar-refractivity contribution in [3.05, 3.63) is 88.2 Å². The molecule has 4 rings (SSSR count). The highest BCUT2D eigenvalue weighted by atomic mass is 16.5. The van der Waals surface area contributed by atoms with E-state index in [1.54, 1.807) is 37.3 Å². The Hall–Kier alpha value is -3.61. The van der Waals surface area contributed by atoms with Gasteiger partial charge >= 0.3 is 0 Å². The van der Waals surface area contributed by atoms with Crippen LogP contribution >= 0.6 is 0 Å². The van der Waals surface area contributed by atoms with Gasteiger partial charge in [0.2, 0.25) is 6.54 Å². The Labute approximate surface area is 167 Å². The number of amides is 1. The molecule has 146 valence electrons. The maximum absolute atomic E-state index is 12.8. The Morgan fingerprint density at radius 1 is 1.17 bits per heavy atom. The molecule has 0 fully saturated rings. The minimum atomic E-state index is -0.934. The molecule has 29 heavy (non-hydrogen) atoms. The number of ketones is 1. The molecule has 1 aliphatic heterocycles. The third kappa shape index (κ3) is 3.85. The first-order valence-corrected chi connectivity index (χ1v) is 9.40. The zero-order valence-electron chi connectivity index (χ0n) is 15.9. The number of benzene rings is 2. The summed E-state index contributed by atoms with van der Waals surface area (Å²) < 4.78 is 6.01. The number of hydrogen-bond donors (Lipinski definition) is 1. The van der Waals surface area contributed by atoms with Gasteiger partial charge in [-0.15, -0.1) is 0 Å². The number of carbonyl (C=O) groups excluding carboxylic acids is 2. The van der Waals surface area contributed by atoms with Crippen LogP contribution in [0, 0.1) is 4.91 Å². The van der Waals surface area contributed by atoms with E-state index < -0.39 is 17.9 Å². The van der Waals surface area contributed by atoms with Crippen molar-refractivity contribution < 1.29 is 18.9 Å². The number of carbonyl (C=O) groups is 2. The largest absolute Gasteiger partial charge is 0.360 e. The van der Waals surface area contributed by atoms with Gasteiger partial charge in [-0.05, 0) is 5.56 Å². The number of hydrogen-bond acceptors (Lipinski definition) is 5. The molecular formula is C22H20N3O4+. The summed E-state index contributed by atoms with van der Waals surface area (Å²) in [4.78, 5) is 38.0. The summed E-state index contributed by atoms with van der Waals surface area (Å²) in [6.45, 7) is 1.59. The average molecular weight is 390 g/mol. The third-order valence-corrected chi connectivity index (χ3v) is 5.11. The second kappa shape index (κ2) is 7.79. The van der Waals surface area contributed by atoms with Crippen molar-refractivity contribution in [1.82, 2.24) is 10.5 Å². The van der Waals surface area contributed by atoms with Crippen LogP contribution in [0.15, 0.2) is 65.2 Å². The first kappa shape index (κ1) is 18.7. The Kier molecular flexibility index (Phi) is 5.03. The van der Waals surface area contributed by atoms with E-state index in [1.165, 1.54) is 0 Å². The first-order chi connectivity index (χ1) is 14.0. The molecule has 3 aromatic rings. The van der Waals surface area contributed by atoms with E-state index >= 15 is 0 Å². The summed E-state index contributed by atoms with van der Waals surface area (Å²) in [7, 11) is 0. The van der Waals surface area contributed by atoms with Gasteiger partial charge in [0.05, 0.1) is 0 Å². The standard InChI is InChI=1S/C22H19N3O4/c1-14-17-9-5-6-10-20(17)25(28)13-19(21(14)26)23-22(27)18-12-16(29-24-18)11-15-7-3-2-4-8-15/h2-10,12,14,19H,11,13H2,1H3/p+1. The SMILES string of the molecule is CC1C(=O)C(NC(=O)c2cc(Cc3ccccc3)on2)C[N+](=O)c2ccccc21. The molecule has 2 heterocycles.